The van der Waals surface area contributed by atoms with Crippen molar-refractivity contribution in [2.75, 3.05) is 7.11 Å². The first-order valence-electron chi connectivity index (χ1n) is 3.83. The Balaban J connectivity index is 3.09. The second-order valence-corrected chi connectivity index (χ2v) is 2.72. The number of benzene rings is 1. The van der Waals surface area contributed by atoms with Crippen LogP contribution in [0, 0.1) is 12.7 Å². The van der Waals surface area contributed by atoms with Crippen molar-refractivity contribution in [1.29, 1.82) is 0 Å². The zero-order valence-electron chi connectivity index (χ0n) is 7.63. The monoisotopic (exact) mass is 185 g/mol. The number of nitrogens with two attached hydrogens (primary N) is 1. The molecule has 13 heavy (non-hydrogen) atoms. The normalized spacial score (nSPS) is 10.2. The van der Waals surface area contributed by atoms with Gasteiger partial charge in [-0.1, -0.05) is 0 Å². The smallest absolute Gasteiger partial charge is 0.126 e. The van der Waals surface area contributed by atoms with Gasteiger partial charge in [0.2, 0.25) is 0 Å². The molecule has 2 N–H and O–H groups in total. The van der Waals surface area contributed by atoms with Gasteiger partial charge in [0.05, 0.1) is 13.7 Å². The molecule has 0 fully saturated rings. The van der Waals surface area contributed by atoms with Crippen molar-refractivity contribution in [2.45, 2.75) is 13.5 Å². The maximum Gasteiger partial charge on any atom is 0.126 e. The van der Waals surface area contributed by atoms with Gasteiger partial charge in [-0.15, -0.1) is 0 Å². The molecule has 0 atom stereocenters. The Hall–Kier alpha value is -1.13. The van der Waals surface area contributed by atoms with Crippen LogP contribution in [-0.4, -0.2) is 7.11 Å². The van der Waals surface area contributed by atoms with Gasteiger partial charge < -0.3 is 4.74 Å². The first-order valence-corrected chi connectivity index (χ1v) is 3.83. The molecule has 0 aliphatic rings. The summed E-state index contributed by atoms with van der Waals surface area (Å²) in [5.74, 6) is 5.20. The van der Waals surface area contributed by atoms with Crippen molar-refractivity contribution in [1.82, 2.24) is 0 Å². The molecule has 1 rings (SSSR count). The van der Waals surface area contributed by atoms with Gasteiger partial charge in [0.15, 0.2) is 0 Å². The molecule has 0 heterocycles. The molecule has 0 aliphatic heterocycles. The second kappa shape index (κ2) is 4.20. The minimum atomic E-state index is -0.284. The summed E-state index contributed by atoms with van der Waals surface area (Å²) in [6.07, 6.45) is 0. The number of halogens is 1. The van der Waals surface area contributed by atoms with E-state index in [4.69, 9.17) is 10.6 Å². The first-order chi connectivity index (χ1) is 6.19. The number of ether oxygens (including phenoxy) is 1. The summed E-state index contributed by atoms with van der Waals surface area (Å²) < 4.78 is 18.1. The van der Waals surface area contributed by atoms with E-state index >= 15 is 0 Å². The Kier molecular flexibility index (Phi) is 3.22. The summed E-state index contributed by atoms with van der Waals surface area (Å²) in [4.78, 5) is 4.42. The molecular formula is C9H12FNO2. The molecule has 3 nitrogen and oxygen atoms in total. The minimum absolute atomic E-state index is 0.139. The predicted molar refractivity (Wildman–Crippen MR) is 46.7 cm³/mol. The zero-order valence-corrected chi connectivity index (χ0v) is 7.63. The van der Waals surface area contributed by atoms with Crippen molar-refractivity contribution in [3.8, 4) is 5.75 Å². The van der Waals surface area contributed by atoms with Crippen LogP contribution >= 0.6 is 0 Å². The number of hydrogen-bond donors (Lipinski definition) is 1. The third-order valence-electron chi connectivity index (χ3n) is 1.80. The topological polar surface area (TPSA) is 44.5 Å². The Morgan fingerprint density at radius 1 is 1.46 bits per heavy atom. The molecule has 0 radical (unpaired) electrons. The van der Waals surface area contributed by atoms with Gasteiger partial charge in [0.1, 0.15) is 11.6 Å². The second-order valence-electron chi connectivity index (χ2n) is 2.72. The zero-order chi connectivity index (χ0) is 9.84. The Bertz CT molecular complexity index is 302. The highest BCUT2D eigenvalue weighted by atomic mass is 19.1. The summed E-state index contributed by atoms with van der Waals surface area (Å²) in [5.41, 5.74) is 1.14. The van der Waals surface area contributed by atoms with Gasteiger partial charge >= 0.3 is 0 Å². The lowest BCUT2D eigenvalue weighted by Crippen LogP contribution is -2.02. The van der Waals surface area contributed by atoms with E-state index in [2.05, 4.69) is 4.84 Å². The average Bonchev–Trinajstić information content (AvgIpc) is 2.11. The molecule has 0 unspecified atom stereocenters. The van der Waals surface area contributed by atoms with Gasteiger partial charge in [-0.2, -0.15) is 0 Å². The van der Waals surface area contributed by atoms with E-state index in [0.29, 0.717) is 16.9 Å². The van der Waals surface area contributed by atoms with Gasteiger partial charge in [-0.3, -0.25) is 4.84 Å². The molecule has 1 aromatic carbocycles. The number of aryl methyl sites for hydroxylation is 1. The van der Waals surface area contributed by atoms with Crippen LogP contribution in [-0.2, 0) is 11.4 Å². The summed E-state index contributed by atoms with van der Waals surface area (Å²) in [6.45, 7) is 1.81. The molecule has 72 valence electrons. The van der Waals surface area contributed by atoms with Crippen LogP contribution in [0.25, 0.3) is 0 Å². The standard InChI is InChI=1S/C9H12FNO2/c1-6-3-9(12-2)7(5-13-11)4-8(6)10/h3-4H,5,11H2,1-2H3. The summed E-state index contributed by atoms with van der Waals surface area (Å²) >= 11 is 0. The van der Waals surface area contributed by atoms with Crippen molar-refractivity contribution < 1.29 is 14.0 Å². The van der Waals surface area contributed by atoms with Crippen molar-refractivity contribution >= 4 is 0 Å². The van der Waals surface area contributed by atoms with Gasteiger partial charge in [-0.25, -0.2) is 10.3 Å². The summed E-state index contributed by atoms with van der Waals surface area (Å²) in [7, 11) is 1.52. The largest absolute Gasteiger partial charge is 0.496 e. The van der Waals surface area contributed by atoms with Crippen LogP contribution in [0.1, 0.15) is 11.1 Å². The van der Waals surface area contributed by atoms with Gasteiger partial charge in [-0.05, 0) is 24.6 Å². The third-order valence-corrected chi connectivity index (χ3v) is 1.80. The molecular weight excluding hydrogens is 173 g/mol. The lowest BCUT2D eigenvalue weighted by atomic mass is 10.1. The van der Waals surface area contributed by atoms with E-state index in [1.807, 2.05) is 0 Å². The molecule has 4 heteroatoms. The highest BCUT2D eigenvalue weighted by Crippen LogP contribution is 2.22. The Labute approximate surface area is 76.2 Å². The number of methoxy groups -OCH3 is 1. The molecule has 0 aliphatic carbocycles. The van der Waals surface area contributed by atoms with Crippen LogP contribution in [0.15, 0.2) is 12.1 Å². The SMILES string of the molecule is COc1cc(C)c(F)cc1CON. The van der Waals surface area contributed by atoms with Crippen molar-refractivity contribution in [3.63, 3.8) is 0 Å². The fourth-order valence-corrected chi connectivity index (χ4v) is 1.09. The van der Waals surface area contributed by atoms with E-state index in [9.17, 15) is 4.39 Å². The third kappa shape index (κ3) is 2.17. The quantitative estimate of drug-likeness (QED) is 0.726. The molecule has 0 bridgehead atoms. The Morgan fingerprint density at radius 3 is 2.69 bits per heavy atom. The number of rotatable bonds is 3. The lowest BCUT2D eigenvalue weighted by molar-refractivity contribution is 0.122. The predicted octanol–water partition coefficient (Wildman–Crippen LogP) is 1.53. The van der Waals surface area contributed by atoms with Crippen LogP contribution in [0.3, 0.4) is 0 Å². The van der Waals surface area contributed by atoms with E-state index in [1.54, 1.807) is 13.0 Å². The minimum Gasteiger partial charge on any atom is -0.496 e. The maximum absolute atomic E-state index is 13.1. The van der Waals surface area contributed by atoms with E-state index < -0.39 is 0 Å². The Morgan fingerprint density at radius 2 is 2.15 bits per heavy atom. The molecule has 0 spiro atoms. The van der Waals surface area contributed by atoms with Crippen LogP contribution in [0.5, 0.6) is 5.75 Å². The first kappa shape index (κ1) is 9.95. The van der Waals surface area contributed by atoms with E-state index in [1.165, 1.54) is 13.2 Å². The fraction of sp³-hybridized carbons (Fsp3) is 0.333. The van der Waals surface area contributed by atoms with Crippen LogP contribution < -0.4 is 10.6 Å². The summed E-state index contributed by atoms with van der Waals surface area (Å²) in [5, 5.41) is 0. The number of hydrogen-bond acceptors (Lipinski definition) is 3. The highest BCUT2D eigenvalue weighted by molar-refractivity contribution is 5.37. The van der Waals surface area contributed by atoms with Gasteiger partial charge in [0.25, 0.3) is 0 Å². The molecule has 1 aromatic rings. The highest BCUT2D eigenvalue weighted by Gasteiger charge is 2.07. The van der Waals surface area contributed by atoms with E-state index in [0.717, 1.165) is 0 Å². The molecule has 0 aromatic heterocycles. The fourth-order valence-electron chi connectivity index (χ4n) is 1.09. The van der Waals surface area contributed by atoms with E-state index in [-0.39, 0.29) is 12.4 Å². The van der Waals surface area contributed by atoms with Gasteiger partial charge in [0, 0.05) is 5.56 Å². The molecule has 0 amide bonds. The molecule has 0 saturated heterocycles. The molecule has 0 saturated carbocycles. The van der Waals surface area contributed by atoms with Crippen molar-refractivity contribution in [3.05, 3.63) is 29.1 Å². The van der Waals surface area contributed by atoms with Crippen molar-refractivity contribution in [2.24, 2.45) is 5.90 Å². The lowest BCUT2D eigenvalue weighted by Gasteiger charge is -2.08. The van der Waals surface area contributed by atoms with Crippen LogP contribution in [0.2, 0.25) is 0 Å². The summed E-state index contributed by atoms with van der Waals surface area (Å²) in [6, 6.07) is 2.98. The average molecular weight is 185 g/mol. The van der Waals surface area contributed by atoms with Crippen LogP contribution in [0.4, 0.5) is 4.39 Å². The maximum atomic E-state index is 13.1.